The fourth-order valence-electron chi connectivity index (χ4n) is 1.45. The van der Waals surface area contributed by atoms with Crippen molar-refractivity contribution >= 4 is 5.97 Å². The van der Waals surface area contributed by atoms with E-state index in [0.717, 1.165) is 19.6 Å². The number of esters is 1. The van der Waals surface area contributed by atoms with E-state index in [0.29, 0.717) is 6.61 Å². The van der Waals surface area contributed by atoms with Crippen molar-refractivity contribution in [3.05, 3.63) is 0 Å². The molecule has 0 aliphatic carbocycles. The van der Waals surface area contributed by atoms with E-state index in [4.69, 9.17) is 4.74 Å². The van der Waals surface area contributed by atoms with Gasteiger partial charge in [-0.2, -0.15) is 0 Å². The highest BCUT2D eigenvalue weighted by molar-refractivity contribution is 5.70. The number of rotatable bonds is 5. The zero-order valence-electron chi connectivity index (χ0n) is 8.12. The first kappa shape index (κ1) is 10.5. The summed E-state index contributed by atoms with van der Waals surface area (Å²) >= 11 is 0. The first-order valence-corrected chi connectivity index (χ1v) is 4.70. The SMILES string of the molecule is COCC(=O)OCCN1CCCC1. The van der Waals surface area contributed by atoms with Crippen LogP contribution in [0.5, 0.6) is 0 Å². The first-order chi connectivity index (χ1) is 6.33. The van der Waals surface area contributed by atoms with Gasteiger partial charge in [-0.3, -0.25) is 4.90 Å². The molecule has 1 heterocycles. The van der Waals surface area contributed by atoms with Gasteiger partial charge in [-0.15, -0.1) is 0 Å². The van der Waals surface area contributed by atoms with E-state index in [-0.39, 0.29) is 12.6 Å². The molecule has 0 aromatic heterocycles. The van der Waals surface area contributed by atoms with Crippen LogP contribution in [0.25, 0.3) is 0 Å². The van der Waals surface area contributed by atoms with Crippen LogP contribution in [0.4, 0.5) is 0 Å². The Labute approximate surface area is 78.8 Å². The largest absolute Gasteiger partial charge is 0.463 e. The third kappa shape index (κ3) is 4.24. The highest BCUT2D eigenvalue weighted by atomic mass is 16.6. The van der Waals surface area contributed by atoms with Crippen LogP contribution >= 0.6 is 0 Å². The fourth-order valence-corrected chi connectivity index (χ4v) is 1.45. The maximum atomic E-state index is 10.9. The molecule has 1 aliphatic heterocycles. The molecule has 1 rings (SSSR count). The normalized spacial score (nSPS) is 17.6. The number of carbonyl (C=O) groups is 1. The molecule has 0 radical (unpaired) electrons. The van der Waals surface area contributed by atoms with Crippen LogP contribution in [-0.2, 0) is 14.3 Å². The fraction of sp³-hybridized carbons (Fsp3) is 0.889. The minimum atomic E-state index is -0.276. The Morgan fingerprint density at radius 3 is 2.69 bits per heavy atom. The second kappa shape index (κ2) is 5.94. The molecule has 0 aromatic rings. The van der Waals surface area contributed by atoms with Crippen molar-refractivity contribution in [1.82, 2.24) is 4.90 Å². The van der Waals surface area contributed by atoms with Crippen molar-refractivity contribution in [2.24, 2.45) is 0 Å². The maximum absolute atomic E-state index is 10.9. The first-order valence-electron chi connectivity index (χ1n) is 4.70. The standard InChI is InChI=1S/C9H17NO3/c1-12-8-9(11)13-7-6-10-4-2-3-5-10/h2-8H2,1H3. The van der Waals surface area contributed by atoms with Gasteiger partial charge < -0.3 is 9.47 Å². The van der Waals surface area contributed by atoms with Crippen LogP contribution < -0.4 is 0 Å². The molecule has 0 atom stereocenters. The van der Waals surface area contributed by atoms with Crippen molar-refractivity contribution in [3.63, 3.8) is 0 Å². The molecule has 0 saturated carbocycles. The van der Waals surface area contributed by atoms with Gasteiger partial charge in [0.2, 0.25) is 0 Å². The molecule has 0 spiro atoms. The summed E-state index contributed by atoms with van der Waals surface area (Å²) in [6.45, 7) is 3.68. The van der Waals surface area contributed by atoms with Gasteiger partial charge in [0.05, 0.1) is 0 Å². The predicted octanol–water partition coefficient (Wildman–Crippen LogP) is 0.272. The number of carbonyl (C=O) groups excluding carboxylic acids is 1. The Bertz CT molecular complexity index is 155. The molecule has 0 aromatic carbocycles. The van der Waals surface area contributed by atoms with Gasteiger partial charge in [-0.1, -0.05) is 0 Å². The highest BCUT2D eigenvalue weighted by Gasteiger charge is 2.11. The van der Waals surface area contributed by atoms with Crippen molar-refractivity contribution in [1.29, 1.82) is 0 Å². The Hall–Kier alpha value is -0.610. The Balaban J connectivity index is 1.96. The van der Waals surface area contributed by atoms with Crippen molar-refractivity contribution < 1.29 is 14.3 Å². The number of ether oxygens (including phenoxy) is 2. The van der Waals surface area contributed by atoms with Gasteiger partial charge in [0.25, 0.3) is 0 Å². The second-order valence-corrected chi connectivity index (χ2v) is 3.20. The summed E-state index contributed by atoms with van der Waals surface area (Å²) in [4.78, 5) is 13.2. The topological polar surface area (TPSA) is 38.8 Å². The molecular formula is C9H17NO3. The third-order valence-corrected chi connectivity index (χ3v) is 2.13. The lowest BCUT2D eigenvalue weighted by Crippen LogP contribution is -2.25. The summed E-state index contributed by atoms with van der Waals surface area (Å²) in [5.74, 6) is -0.276. The van der Waals surface area contributed by atoms with Crippen LogP contribution in [0.2, 0.25) is 0 Å². The molecule has 1 saturated heterocycles. The Morgan fingerprint density at radius 2 is 2.08 bits per heavy atom. The molecule has 1 aliphatic rings. The van der Waals surface area contributed by atoms with Crippen LogP contribution in [0.15, 0.2) is 0 Å². The van der Waals surface area contributed by atoms with Gasteiger partial charge in [0.15, 0.2) is 0 Å². The molecule has 0 unspecified atom stereocenters. The van der Waals surface area contributed by atoms with Crippen LogP contribution in [0, 0.1) is 0 Å². The van der Waals surface area contributed by atoms with E-state index >= 15 is 0 Å². The monoisotopic (exact) mass is 187 g/mol. The number of nitrogens with zero attached hydrogens (tertiary/aromatic N) is 1. The van der Waals surface area contributed by atoms with E-state index in [1.54, 1.807) is 0 Å². The summed E-state index contributed by atoms with van der Waals surface area (Å²) in [6, 6.07) is 0. The lowest BCUT2D eigenvalue weighted by molar-refractivity contribution is -0.148. The van der Waals surface area contributed by atoms with Crippen molar-refractivity contribution in [2.75, 3.05) is 40.0 Å². The Morgan fingerprint density at radius 1 is 1.38 bits per heavy atom. The van der Waals surface area contributed by atoms with E-state index in [2.05, 4.69) is 9.64 Å². The van der Waals surface area contributed by atoms with E-state index in [1.165, 1.54) is 20.0 Å². The average molecular weight is 187 g/mol. The maximum Gasteiger partial charge on any atom is 0.332 e. The molecule has 0 amide bonds. The van der Waals surface area contributed by atoms with Crippen LogP contribution in [0.1, 0.15) is 12.8 Å². The molecule has 4 heteroatoms. The second-order valence-electron chi connectivity index (χ2n) is 3.20. The number of hydrogen-bond donors (Lipinski definition) is 0. The van der Waals surface area contributed by atoms with E-state index < -0.39 is 0 Å². The quantitative estimate of drug-likeness (QED) is 0.579. The van der Waals surface area contributed by atoms with Gasteiger partial charge in [-0.25, -0.2) is 4.79 Å². The van der Waals surface area contributed by atoms with Crippen molar-refractivity contribution in [2.45, 2.75) is 12.8 Å². The van der Waals surface area contributed by atoms with Gasteiger partial charge >= 0.3 is 5.97 Å². The smallest absolute Gasteiger partial charge is 0.332 e. The molecule has 1 fully saturated rings. The average Bonchev–Trinajstić information content (AvgIpc) is 2.57. The summed E-state index contributed by atoms with van der Waals surface area (Å²) in [5.41, 5.74) is 0. The summed E-state index contributed by atoms with van der Waals surface area (Å²) in [6.07, 6.45) is 2.54. The molecule has 0 bridgehead atoms. The van der Waals surface area contributed by atoms with Gasteiger partial charge in [-0.05, 0) is 25.9 Å². The Kier molecular flexibility index (Phi) is 4.78. The van der Waals surface area contributed by atoms with Gasteiger partial charge in [0, 0.05) is 13.7 Å². The molecular weight excluding hydrogens is 170 g/mol. The van der Waals surface area contributed by atoms with E-state index in [9.17, 15) is 4.79 Å². The molecule has 13 heavy (non-hydrogen) atoms. The third-order valence-electron chi connectivity index (χ3n) is 2.13. The highest BCUT2D eigenvalue weighted by Crippen LogP contribution is 2.05. The van der Waals surface area contributed by atoms with Crippen molar-refractivity contribution in [3.8, 4) is 0 Å². The minimum absolute atomic E-state index is 0.0556. The summed E-state index contributed by atoms with van der Waals surface area (Å²) in [7, 11) is 1.49. The molecule has 76 valence electrons. The number of likely N-dealkylation sites (tertiary alicyclic amines) is 1. The summed E-state index contributed by atoms with van der Waals surface area (Å²) < 4.78 is 9.58. The van der Waals surface area contributed by atoms with Crippen LogP contribution in [-0.4, -0.2) is 50.8 Å². The minimum Gasteiger partial charge on any atom is -0.463 e. The number of hydrogen-bond acceptors (Lipinski definition) is 4. The predicted molar refractivity (Wildman–Crippen MR) is 48.5 cm³/mol. The van der Waals surface area contributed by atoms with Crippen LogP contribution in [0.3, 0.4) is 0 Å². The lowest BCUT2D eigenvalue weighted by Gasteiger charge is -2.13. The van der Waals surface area contributed by atoms with Gasteiger partial charge in [0.1, 0.15) is 13.2 Å². The molecule has 0 N–H and O–H groups in total. The number of methoxy groups -OCH3 is 1. The lowest BCUT2D eigenvalue weighted by atomic mass is 10.4. The zero-order chi connectivity index (χ0) is 9.52. The zero-order valence-corrected chi connectivity index (χ0v) is 8.12. The summed E-state index contributed by atoms with van der Waals surface area (Å²) in [5, 5.41) is 0. The van der Waals surface area contributed by atoms with E-state index in [1.807, 2.05) is 0 Å². The molecule has 4 nitrogen and oxygen atoms in total.